The van der Waals surface area contributed by atoms with Crippen LogP contribution in [0.5, 0.6) is 0 Å². The molecular weight excluding hydrogens is 232 g/mol. The molecule has 1 N–H and O–H groups in total. The molecule has 0 heterocycles. The van der Waals surface area contributed by atoms with Gasteiger partial charge < -0.3 is 5.11 Å². The van der Waals surface area contributed by atoms with Crippen LogP contribution in [0.3, 0.4) is 0 Å². The largest absolute Gasteiger partial charge is 0.400 e. The van der Waals surface area contributed by atoms with Gasteiger partial charge in [-0.2, -0.15) is 0 Å². The number of hydrogen-bond acceptors (Lipinski definition) is 1. The second-order valence-electron chi connectivity index (χ2n) is 4.41. The van der Waals surface area contributed by atoms with E-state index >= 15 is 0 Å². The summed E-state index contributed by atoms with van der Waals surface area (Å²) in [5, 5.41) is 7.00. The Kier molecular flexibility index (Phi) is 23.9. The van der Waals surface area contributed by atoms with E-state index in [0.717, 1.165) is 13.0 Å². The van der Waals surface area contributed by atoms with E-state index in [4.69, 9.17) is 5.11 Å². The lowest BCUT2D eigenvalue weighted by Crippen LogP contribution is -1.97. The van der Waals surface area contributed by atoms with Crippen molar-refractivity contribution >= 4 is 0 Å². The number of benzene rings is 1. The lowest BCUT2D eigenvalue weighted by atomic mass is 9.98. The molecule has 1 atom stereocenters. The van der Waals surface area contributed by atoms with E-state index in [-0.39, 0.29) is 0 Å². The van der Waals surface area contributed by atoms with Crippen LogP contribution in [0.1, 0.15) is 65.5 Å². The Labute approximate surface area is 122 Å². The zero-order valence-corrected chi connectivity index (χ0v) is 14.5. The normalized spacial score (nSPS) is 9.74. The van der Waals surface area contributed by atoms with Gasteiger partial charge in [-0.1, -0.05) is 84.2 Å². The molecule has 0 bridgehead atoms. The van der Waals surface area contributed by atoms with Crippen molar-refractivity contribution in [2.75, 3.05) is 7.11 Å². The molecule has 1 aromatic carbocycles. The van der Waals surface area contributed by atoms with Gasteiger partial charge in [0, 0.05) is 7.11 Å². The molecule has 114 valence electrons. The molecule has 1 unspecified atom stereocenters. The fourth-order valence-electron chi connectivity index (χ4n) is 1.27. The van der Waals surface area contributed by atoms with Crippen molar-refractivity contribution in [2.45, 2.75) is 67.7 Å². The van der Waals surface area contributed by atoms with Crippen LogP contribution in [0, 0.1) is 12.8 Å². The highest BCUT2D eigenvalue weighted by Gasteiger charge is 1.99. The quantitative estimate of drug-likeness (QED) is 0.752. The zero-order valence-electron chi connectivity index (χ0n) is 14.5. The molecule has 0 aliphatic rings. The van der Waals surface area contributed by atoms with E-state index in [2.05, 4.69) is 58.9 Å². The Balaban J connectivity index is -0.000000313. The minimum atomic E-state index is 0.813. The van der Waals surface area contributed by atoms with Crippen LogP contribution in [-0.4, -0.2) is 12.2 Å². The van der Waals surface area contributed by atoms with Crippen molar-refractivity contribution in [3.8, 4) is 0 Å². The number of aryl methyl sites for hydroxylation is 1. The number of aliphatic hydroxyl groups is 1. The molecule has 1 rings (SSSR count). The number of hydrogen-bond donors (Lipinski definition) is 1. The highest BCUT2D eigenvalue weighted by atomic mass is 16.2. The summed E-state index contributed by atoms with van der Waals surface area (Å²) in [6.07, 6.45) is 3.74. The first kappa shape index (κ1) is 23.3. The number of aliphatic hydroxyl groups excluding tert-OH is 1. The SMILES string of the molecule is CC.CCC.CCC(C)Cc1ccc(C)cc1.CO. The summed E-state index contributed by atoms with van der Waals surface area (Å²) in [5.41, 5.74) is 2.82. The molecule has 0 radical (unpaired) electrons. The highest BCUT2D eigenvalue weighted by Crippen LogP contribution is 2.11. The van der Waals surface area contributed by atoms with Crippen molar-refractivity contribution in [3.63, 3.8) is 0 Å². The third-order valence-electron chi connectivity index (χ3n) is 2.40. The second-order valence-corrected chi connectivity index (χ2v) is 4.41. The predicted molar refractivity (Wildman–Crippen MR) is 89.8 cm³/mol. The van der Waals surface area contributed by atoms with Crippen LogP contribution >= 0.6 is 0 Å². The van der Waals surface area contributed by atoms with Crippen LogP contribution in [0.4, 0.5) is 0 Å². The summed E-state index contributed by atoms with van der Waals surface area (Å²) >= 11 is 0. The summed E-state index contributed by atoms with van der Waals surface area (Å²) in [6.45, 7) is 14.9. The van der Waals surface area contributed by atoms with Gasteiger partial charge in [0.2, 0.25) is 0 Å². The van der Waals surface area contributed by atoms with Crippen molar-refractivity contribution < 1.29 is 5.11 Å². The van der Waals surface area contributed by atoms with Crippen LogP contribution in [0.15, 0.2) is 24.3 Å². The Morgan fingerprint density at radius 2 is 1.32 bits per heavy atom. The van der Waals surface area contributed by atoms with Crippen molar-refractivity contribution in [1.29, 1.82) is 0 Å². The van der Waals surface area contributed by atoms with E-state index in [1.165, 1.54) is 30.4 Å². The Morgan fingerprint density at radius 3 is 1.63 bits per heavy atom. The number of rotatable bonds is 3. The average molecular weight is 268 g/mol. The minimum Gasteiger partial charge on any atom is -0.400 e. The van der Waals surface area contributed by atoms with E-state index in [1.807, 2.05) is 13.8 Å². The predicted octanol–water partition coefficient (Wildman–Crippen LogP) is 5.63. The lowest BCUT2D eigenvalue weighted by Gasteiger charge is -2.07. The first-order chi connectivity index (χ1) is 9.13. The molecule has 0 saturated heterocycles. The molecule has 0 aliphatic heterocycles. The minimum absolute atomic E-state index is 0.813. The molecule has 0 saturated carbocycles. The third-order valence-corrected chi connectivity index (χ3v) is 2.40. The fourth-order valence-corrected chi connectivity index (χ4v) is 1.27. The van der Waals surface area contributed by atoms with Gasteiger partial charge in [0.15, 0.2) is 0 Å². The van der Waals surface area contributed by atoms with Gasteiger partial charge >= 0.3 is 0 Å². The van der Waals surface area contributed by atoms with E-state index in [9.17, 15) is 0 Å². The molecule has 0 aromatic heterocycles. The molecule has 1 nitrogen and oxygen atoms in total. The van der Waals surface area contributed by atoms with E-state index < -0.39 is 0 Å². The third kappa shape index (κ3) is 17.2. The van der Waals surface area contributed by atoms with Crippen LogP contribution in [-0.2, 0) is 6.42 Å². The highest BCUT2D eigenvalue weighted by molar-refractivity contribution is 5.21. The summed E-state index contributed by atoms with van der Waals surface area (Å²) in [4.78, 5) is 0. The maximum absolute atomic E-state index is 7.00. The van der Waals surface area contributed by atoms with Crippen LogP contribution < -0.4 is 0 Å². The Hall–Kier alpha value is -0.820. The molecular formula is C18H36O. The van der Waals surface area contributed by atoms with Gasteiger partial charge in [-0.3, -0.25) is 0 Å². The first-order valence-electron chi connectivity index (χ1n) is 7.64. The fraction of sp³-hybridized carbons (Fsp3) is 0.667. The molecule has 19 heavy (non-hydrogen) atoms. The monoisotopic (exact) mass is 268 g/mol. The molecule has 1 aromatic rings. The Bertz CT molecular complexity index is 238. The summed E-state index contributed by atoms with van der Waals surface area (Å²) in [7, 11) is 1.00. The van der Waals surface area contributed by atoms with Gasteiger partial charge in [-0.25, -0.2) is 0 Å². The summed E-state index contributed by atoms with van der Waals surface area (Å²) in [5.74, 6) is 0.813. The molecule has 1 heteroatoms. The lowest BCUT2D eigenvalue weighted by molar-refractivity contribution is 0.399. The van der Waals surface area contributed by atoms with E-state index in [0.29, 0.717) is 0 Å². The second kappa shape index (κ2) is 19.5. The Morgan fingerprint density at radius 1 is 0.947 bits per heavy atom. The first-order valence-corrected chi connectivity index (χ1v) is 7.64. The van der Waals surface area contributed by atoms with Gasteiger partial charge in [0.25, 0.3) is 0 Å². The van der Waals surface area contributed by atoms with Gasteiger partial charge in [0.1, 0.15) is 0 Å². The van der Waals surface area contributed by atoms with Gasteiger partial charge in [-0.05, 0) is 24.8 Å². The summed E-state index contributed by atoms with van der Waals surface area (Å²) < 4.78 is 0. The molecule has 0 aliphatic carbocycles. The standard InChI is InChI=1S/C12H18.C3H8.C2H6.CH4O/c1-4-10(2)9-12-7-5-11(3)6-8-12;1-3-2;2*1-2/h5-8,10H,4,9H2,1-3H3;3H2,1-2H3;1-2H3;2H,1H3. The van der Waals surface area contributed by atoms with Crippen LogP contribution in [0.2, 0.25) is 0 Å². The summed E-state index contributed by atoms with van der Waals surface area (Å²) in [6, 6.07) is 8.86. The van der Waals surface area contributed by atoms with Crippen LogP contribution in [0.25, 0.3) is 0 Å². The molecule has 0 spiro atoms. The van der Waals surface area contributed by atoms with E-state index in [1.54, 1.807) is 0 Å². The van der Waals surface area contributed by atoms with Crippen molar-refractivity contribution in [2.24, 2.45) is 5.92 Å². The maximum Gasteiger partial charge on any atom is 0.0319 e. The zero-order chi connectivity index (χ0) is 15.7. The maximum atomic E-state index is 7.00. The van der Waals surface area contributed by atoms with Gasteiger partial charge in [-0.15, -0.1) is 0 Å². The van der Waals surface area contributed by atoms with Gasteiger partial charge in [0.05, 0.1) is 0 Å². The average Bonchev–Trinajstić information content (AvgIpc) is 2.46. The molecule has 0 fully saturated rings. The van der Waals surface area contributed by atoms with Crippen molar-refractivity contribution in [3.05, 3.63) is 35.4 Å². The topological polar surface area (TPSA) is 20.2 Å². The van der Waals surface area contributed by atoms with Crippen molar-refractivity contribution in [1.82, 2.24) is 0 Å². The smallest absolute Gasteiger partial charge is 0.0319 e. The molecule has 0 amide bonds.